The number of aryl methyl sites for hydroxylation is 1. The molecule has 8 heteroatoms. The molecule has 0 spiro atoms. The molecule has 0 atom stereocenters. The molecule has 8 nitrogen and oxygen atoms in total. The van der Waals surface area contributed by atoms with E-state index >= 15 is 0 Å². The minimum absolute atomic E-state index is 0.272. The number of aromatic nitrogens is 4. The second-order valence-corrected chi connectivity index (χ2v) is 6.02. The number of urea groups is 1. The van der Waals surface area contributed by atoms with E-state index in [4.69, 9.17) is 0 Å². The van der Waals surface area contributed by atoms with Crippen molar-refractivity contribution in [1.82, 2.24) is 30.0 Å². The summed E-state index contributed by atoms with van der Waals surface area (Å²) in [6, 6.07) is 5.38. The molecule has 0 saturated heterocycles. The minimum atomic E-state index is -0.272. The molecule has 0 radical (unpaired) electrons. The standard InChI is InChI=1S/C17H21N7O/c1-12-8-14(4-5-18-12)24-15-11-20-16(9-13(15)10-21-24)22-17(25)19-6-7-23(2)3/h4-5,8-11H,6-7H2,1-3H3,(H2,19,20,22,25). The van der Waals surface area contributed by atoms with Crippen LogP contribution < -0.4 is 10.6 Å². The number of fused-ring (bicyclic) bond motifs is 1. The maximum Gasteiger partial charge on any atom is 0.320 e. The molecule has 0 fully saturated rings. The summed E-state index contributed by atoms with van der Waals surface area (Å²) < 4.78 is 1.80. The van der Waals surface area contributed by atoms with Crippen LogP contribution >= 0.6 is 0 Å². The molecule has 0 saturated carbocycles. The Kier molecular flexibility index (Phi) is 4.90. The van der Waals surface area contributed by atoms with Crippen molar-refractivity contribution in [3.63, 3.8) is 0 Å². The van der Waals surface area contributed by atoms with Gasteiger partial charge in [0.1, 0.15) is 5.82 Å². The highest BCUT2D eigenvalue weighted by molar-refractivity contribution is 5.91. The Labute approximate surface area is 145 Å². The van der Waals surface area contributed by atoms with Crippen molar-refractivity contribution in [2.75, 3.05) is 32.5 Å². The molecule has 3 heterocycles. The van der Waals surface area contributed by atoms with Gasteiger partial charge in [-0.15, -0.1) is 0 Å². The molecular formula is C17H21N7O. The van der Waals surface area contributed by atoms with Gasteiger partial charge in [0.15, 0.2) is 0 Å². The number of nitrogens with one attached hydrogen (secondary N) is 2. The van der Waals surface area contributed by atoms with Crippen LogP contribution in [0.15, 0.2) is 36.8 Å². The van der Waals surface area contributed by atoms with Crippen molar-refractivity contribution in [3.8, 4) is 5.69 Å². The van der Waals surface area contributed by atoms with Gasteiger partial charge in [-0.3, -0.25) is 10.3 Å². The topological polar surface area (TPSA) is 88.0 Å². The summed E-state index contributed by atoms with van der Waals surface area (Å²) in [5.74, 6) is 0.486. The summed E-state index contributed by atoms with van der Waals surface area (Å²) in [5.41, 5.74) is 2.71. The van der Waals surface area contributed by atoms with Gasteiger partial charge in [-0.25, -0.2) is 14.5 Å². The molecule has 0 unspecified atom stereocenters. The lowest BCUT2D eigenvalue weighted by atomic mass is 10.3. The Bertz CT molecular complexity index is 888. The van der Waals surface area contributed by atoms with Crippen LogP contribution in [0.1, 0.15) is 5.69 Å². The van der Waals surface area contributed by atoms with Crippen molar-refractivity contribution in [2.24, 2.45) is 0 Å². The summed E-state index contributed by atoms with van der Waals surface area (Å²) in [6.07, 6.45) is 5.20. The van der Waals surface area contributed by atoms with E-state index in [9.17, 15) is 4.79 Å². The first kappa shape index (κ1) is 16.8. The number of amides is 2. The summed E-state index contributed by atoms with van der Waals surface area (Å²) in [6.45, 7) is 3.28. The molecule has 3 aromatic heterocycles. The largest absolute Gasteiger partial charge is 0.337 e. The van der Waals surface area contributed by atoms with Crippen LogP contribution in [-0.2, 0) is 0 Å². The number of hydrogen-bond donors (Lipinski definition) is 2. The zero-order valence-corrected chi connectivity index (χ0v) is 14.5. The van der Waals surface area contributed by atoms with Crippen molar-refractivity contribution >= 4 is 22.8 Å². The third-order valence-corrected chi connectivity index (χ3v) is 3.67. The summed E-state index contributed by atoms with van der Waals surface area (Å²) in [4.78, 5) is 22.4. The van der Waals surface area contributed by atoms with Gasteiger partial charge in [-0.05, 0) is 39.2 Å². The molecule has 0 aliphatic carbocycles. The van der Waals surface area contributed by atoms with Crippen molar-refractivity contribution < 1.29 is 4.79 Å². The van der Waals surface area contributed by atoms with Crippen LogP contribution in [0, 0.1) is 6.92 Å². The predicted octanol–water partition coefficient (Wildman–Crippen LogP) is 1.81. The minimum Gasteiger partial charge on any atom is -0.337 e. The average Bonchev–Trinajstić information content (AvgIpc) is 2.97. The number of nitrogens with zero attached hydrogens (tertiary/aromatic N) is 5. The number of likely N-dealkylation sites (N-methyl/N-ethyl adjacent to an activating group) is 1. The van der Waals surface area contributed by atoms with Crippen molar-refractivity contribution in [2.45, 2.75) is 6.92 Å². The highest BCUT2D eigenvalue weighted by atomic mass is 16.2. The average molecular weight is 339 g/mol. The highest BCUT2D eigenvalue weighted by Gasteiger charge is 2.09. The van der Waals surface area contributed by atoms with E-state index in [0.717, 1.165) is 28.8 Å². The second-order valence-electron chi connectivity index (χ2n) is 6.02. The third-order valence-electron chi connectivity index (χ3n) is 3.67. The Morgan fingerprint density at radius 3 is 2.84 bits per heavy atom. The zero-order chi connectivity index (χ0) is 17.8. The van der Waals surface area contributed by atoms with Crippen LogP contribution in [0.3, 0.4) is 0 Å². The molecule has 25 heavy (non-hydrogen) atoms. The summed E-state index contributed by atoms with van der Waals surface area (Å²) in [7, 11) is 3.91. The Balaban J connectivity index is 1.75. The Morgan fingerprint density at radius 2 is 2.08 bits per heavy atom. The monoisotopic (exact) mass is 339 g/mol. The lowest BCUT2D eigenvalue weighted by Crippen LogP contribution is -2.34. The molecule has 2 N–H and O–H groups in total. The van der Waals surface area contributed by atoms with E-state index in [-0.39, 0.29) is 6.03 Å². The molecule has 130 valence electrons. The van der Waals surface area contributed by atoms with Gasteiger partial charge >= 0.3 is 6.03 Å². The second kappa shape index (κ2) is 7.27. The molecule has 2 amide bonds. The first-order valence-electron chi connectivity index (χ1n) is 7.99. The Morgan fingerprint density at radius 1 is 1.24 bits per heavy atom. The normalized spacial score (nSPS) is 11.0. The number of carbonyl (C=O) groups excluding carboxylic acids is 1. The van der Waals surface area contributed by atoms with E-state index in [2.05, 4.69) is 25.7 Å². The van der Waals surface area contributed by atoms with Crippen LogP contribution in [0.25, 0.3) is 16.6 Å². The van der Waals surface area contributed by atoms with Gasteiger partial charge in [0.2, 0.25) is 0 Å². The molecule has 0 bridgehead atoms. The summed E-state index contributed by atoms with van der Waals surface area (Å²) in [5, 5.41) is 10.8. The first-order valence-corrected chi connectivity index (χ1v) is 7.99. The number of carbonyl (C=O) groups is 1. The molecule has 3 aromatic rings. The molecular weight excluding hydrogens is 318 g/mol. The quantitative estimate of drug-likeness (QED) is 0.740. The van der Waals surface area contributed by atoms with Gasteiger partial charge in [-0.2, -0.15) is 5.10 Å². The van der Waals surface area contributed by atoms with Crippen LogP contribution in [-0.4, -0.2) is 57.9 Å². The van der Waals surface area contributed by atoms with Crippen molar-refractivity contribution in [1.29, 1.82) is 0 Å². The van der Waals surface area contributed by atoms with E-state index < -0.39 is 0 Å². The van der Waals surface area contributed by atoms with E-state index in [1.165, 1.54) is 0 Å². The fraction of sp³-hybridized carbons (Fsp3) is 0.294. The number of hydrogen-bond acceptors (Lipinski definition) is 5. The highest BCUT2D eigenvalue weighted by Crippen LogP contribution is 2.20. The third kappa shape index (κ3) is 4.10. The van der Waals surface area contributed by atoms with Crippen LogP contribution in [0.5, 0.6) is 0 Å². The van der Waals surface area contributed by atoms with Crippen molar-refractivity contribution in [3.05, 3.63) is 42.5 Å². The maximum absolute atomic E-state index is 11.9. The molecule has 0 aliphatic rings. The van der Waals surface area contributed by atoms with Gasteiger partial charge in [0.25, 0.3) is 0 Å². The van der Waals surface area contributed by atoms with E-state index in [0.29, 0.717) is 12.4 Å². The number of anilines is 1. The molecule has 3 rings (SSSR count). The summed E-state index contributed by atoms with van der Waals surface area (Å²) >= 11 is 0. The van der Waals surface area contributed by atoms with Gasteiger partial charge in [0, 0.05) is 30.4 Å². The maximum atomic E-state index is 11.9. The van der Waals surface area contributed by atoms with Crippen LogP contribution in [0.4, 0.5) is 10.6 Å². The van der Waals surface area contributed by atoms with E-state index in [1.54, 1.807) is 29.3 Å². The predicted molar refractivity (Wildman–Crippen MR) is 97.0 cm³/mol. The van der Waals surface area contributed by atoms with Gasteiger partial charge < -0.3 is 10.2 Å². The molecule has 0 aromatic carbocycles. The number of pyridine rings is 2. The lowest BCUT2D eigenvalue weighted by Gasteiger charge is -2.11. The fourth-order valence-electron chi connectivity index (χ4n) is 2.42. The fourth-order valence-corrected chi connectivity index (χ4v) is 2.42. The van der Waals surface area contributed by atoms with Gasteiger partial charge in [-0.1, -0.05) is 0 Å². The van der Waals surface area contributed by atoms with Crippen LogP contribution in [0.2, 0.25) is 0 Å². The SMILES string of the molecule is Cc1cc(-n2ncc3cc(NC(=O)NCCN(C)C)ncc32)ccn1. The molecule has 0 aliphatic heterocycles. The van der Waals surface area contributed by atoms with Gasteiger partial charge in [0.05, 0.1) is 23.6 Å². The van der Waals surface area contributed by atoms with E-state index in [1.807, 2.05) is 38.1 Å². The zero-order valence-electron chi connectivity index (χ0n) is 14.5. The Hall–Kier alpha value is -3.00. The smallest absolute Gasteiger partial charge is 0.320 e. The number of rotatable bonds is 5. The lowest BCUT2D eigenvalue weighted by molar-refractivity contribution is 0.250. The first-order chi connectivity index (χ1) is 12.0.